The summed E-state index contributed by atoms with van der Waals surface area (Å²) in [5.41, 5.74) is 0. The van der Waals surface area contributed by atoms with E-state index in [1.807, 2.05) is 0 Å². The van der Waals surface area contributed by atoms with Crippen molar-refractivity contribution >= 4 is 36.4 Å². The van der Waals surface area contributed by atoms with Gasteiger partial charge in [0, 0.05) is 26.2 Å². The average molecular weight is 356 g/mol. The van der Waals surface area contributed by atoms with Gasteiger partial charge in [0.15, 0.2) is 5.22 Å². The Hall–Kier alpha value is -0.140. The lowest BCUT2D eigenvalue weighted by molar-refractivity contribution is -0.150. The zero-order valence-electron chi connectivity index (χ0n) is 10.5. The van der Waals surface area contributed by atoms with Gasteiger partial charge in [-0.15, -0.1) is 24.8 Å². The normalized spacial score (nSPS) is 18.0. The number of hydrogen-bond donors (Lipinski definition) is 1. The van der Waals surface area contributed by atoms with E-state index in [9.17, 15) is 13.2 Å². The fourth-order valence-corrected chi connectivity index (χ4v) is 2.28. The summed E-state index contributed by atoms with van der Waals surface area (Å²) in [5, 5.41) is 3.23. The minimum absolute atomic E-state index is 0. The van der Waals surface area contributed by atoms with Gasteiger partial charge < -0.3 is 9.73 Å². The van der Waals surface area contributed by atoms with Crippen LogP contribution in [0.25, 0.3) is 0 Å². The van der Waals surface area contributed by atoms with Gasteiger partial charge in [-0.2, -0.15) is 13.2 Å². The van der Waals surface area contributed by atoms with Crippen LogP contribution in [0.2, 0.25) is 5.22 Å². The Balaban J connectivity index is 0.00000180. The third-order valence-corrected chi connectivity index (χ3v) is 3.14. The molecule has 20 heavy (non-hydrogen) atoms. The molecule has 0 spiro atoms. The van der Waals surface area contributed by atoms with Crippen LogP contribution in [0.5, 0.6) is 0 Å². The van der Waals surface area contributed by atoms with E-state index in [0.29, 0.717) is 26.2 Å². The molecule has 1 aliphatic rings. The number of piperazine rings is 1. The molecular weight excluding hydrogens is 339 g/mol. The van der Waals surface area contributed by atoms with Crippen LogP contribution in [0.4, 0.5) is 13.2 Å². The van der Waals surface area contributed by atoms with Crippen LogP contribution in [0.1, 0.15) is 18.2 Å². The summed E-state index contributed by atoms with van der Waals surface area (Å²) < 4.78 is 43.1. The Kier molecular flexibility index (Phi) is 8.28. The number of halogens is 6. The van der Waals surface area contributed by atoms with Crippen molar-refractivity contribution in [3.63, 3.8) is 0 Å². The van der Waals surface area contributed by atoms with E-state index in [0.717, 1.165) is 0 Å². The Morgan fingerprint density at radius 3 is 2.30 bits per heavy atom. The van der Waals surface area contributed by atoms with Gasteiger partial charge in [0.25, 0.3) is 0 Å². The Bertz CT molecular complexity index is 395. The van der Waals surface area contributed by atoms with Crippen molar-refractivity contribution in [3.8, 4) is 0 Å². The molecule has 0 radical (unpaired) electrons. The fraction of sp³-hybridized carbons (Fsp3) is 0.636. The van der Waals surface area contributed by atoms with E-state index in [1.54, 1.807) is 4.90 Å². The maximum absolute atomic E-state index is 12.6. The van der Waals surface area contributed by atoms with Gasteiger partial charge in [-0.1, -0.05) is 0 Å². The van der Waals surface area contributed by atoms with Gasteiger partial charge >= 0.3 is 6.18 Å². The maximum atomic E-state index is 12.6. The standard InChI is InChI=1S/C11H14ClF3N2O.2ClH/c12-10-2-1-9(18-10)8(7-11(13,14)15)17-5-3-16-4-6-17;;/h1-2,8,16H,3-7H2;2*1H/t8-;;/m1../s1. The monoisotopic (exact) mass is 354 g/mol. The summed E-state index contributed by atoms with van der Waals surface area (Å²) in [6.07, 6.45) is -5.15. The van der Waals surface area contributed by atoms with Gasteiger partial charge in [-0.25, -0.2) is 0 Å². The summed E-state index contributed by atoms with van der Waals surface area (Å²) in [6.45, 7) is 2.50. The first kappa shape index (κ1) is 19.9. The van der Waals surface area contributed by atoms with Crippen molar-refractivity contribution in [2.24, 2.45) is 0 Å². The van der Waals surface area contributed by atoms with Gasteiger partial charge in [0.05, 0.1) is 12.5 Å². The van der Waals surface area contributed by atoms with Crippen molar-refractivity contribution in [2.75, 3.05) is 26.2 Å². The second-order valence-electron chi connectivity index (χ2n) is 4.26. The lowest BCUT2D eigenvalue weighted by atomic mass is 10.1. The largest absolute Gasteiger partial charge is 0.448 e. The maximum Gasteiger partial charge on any atom is 0.391 e. The number of furan rings is 1. The van der Waals surface area contributed by atoms with Gasteiger partial charge in [0.2, 0.25) is 0 Å². The molecule has 1 saturated heterocycles. The van der Waals surface area contributed by atoms with E-state index >= 15 is 0 Å². The summed E-state index contributed by atoms with van der Waals surface area (Å²) in [4.78, 5) is 1.78. The number of nitrogens with zero attached hydrogens (tertiary/aromatic N) is 1. The van der Waals surface area contributed by atoms with Gasteiger partial charge in [0.1, 0.15) is 5.76 Å². The molecule has 0 aliphatic carbocycles. The molecular formula is C11H16Cl3F3N2O. The molecule has 0 saturated carbocycles. The van der Waals surface area contributed by atoms with Gasteiger partial charge in [-0.05, 0) is 23.7 Å². The molecule has 0 amide bonds. The molecule has 9 heteroatoms. The Morgan fingerprint density at radius 1 is 1.25 bits per heavy atom. The quantitative estimate of drug-likeness (QED) is 0.896. The molecule has 0 bridgehead atoms. The molecule has 118 valence electrons. The van der Waals surface area contributed by atoms with E-state index in [2.05, 4.69) is 5.32 Å². The topological polar surface area (TPSA) is 28.4 Å². The van der Waals surface area contributed by atoms with Crippen molar-refractivity contribution < 1.29 is 17.6 Å². The minimum Gasteiger partial charge on any atom is -0.448 e. The molecule has 0 aromatic carbocycles. The third-order valence-electron chi connectivity index (χ3n) is 2.94. The van der Waals surface area contributed by atoms with Gasteiger partial charge in [-0.3, -0.25) is 4.90 Å². The molecule has 1 aromatic rings. The third kappa shape index (κ3) is 5.69. The number of rotatable bonds is 3. The van der Waals surface area contributed by atoms with Crippen molar-refractivity contribution in [2.45, 2.75) is 18.6 Å². The molecule has 0 unspecified atom stereocenters. The SMILES string of the molecule is Cl.Cl.FC(F)(F)C[C@H](c1ccc(Cl)o1)N1CCNCC1. The highest BCUT2D eigenvalue weighted by Crippen LogP contribution is 2.35. The van der Waals surface area contributed by atoms with E-state index in [-0.39, 0.29) is 35.8 Å². The first-order valence-corrected chi connectivity index (χ1v) is 6.10. The summed E-state index contributed by atoms with van der Waals surface area (Å²) in [7, 11) is 0. The van der Waals surface area contributed by atoms with Crippen LogP contribution in [-0.4, -0.2) is 37.3 Å². The van der Waals surface area contributed by atoms with Crippen molar-refractivity contribution in [1.82, 2.24) is 10.2 Å². The highest BCUT2D eigenvalue weighted by molar-refractivity contribution is 6.28. The summed E-state index contributed by atoms with van der Waals surface area (Å²) >= 11 is 5.64. The highest BCUT2D eigenvalue weighted by atomic mass is 35.5. The zero-order chi connectivity index (χ0) is 13.2. The molecule has 1 aromatic heterocycles. The molecule has 2 rings (SSSR count). The lowest BCUT2D eigenvalue weighted by Gasteiger charge is -2.34. The summed E-state index contributed by atoms with van der Waals surface area (Å²) in [5.74, 6) is 0.277. The minimum atomic E-state index is -4.23. The number of alkyl halides is 3. The first-order chi connectivity index (χ1) is 8.46. The second-order valence-corrected chi connectivity index (χ2v) is 4.64. The molecule has 2 heterocycles. The van der Waals surface area contributed by atoms with E-state index in [4.69, 9.17) is 16.0 Å². The van der Waals surface area contributed by atoms with Crippen molar-refractivity contribution in [1.29, 1.82) is 0 Å². The molecule has 1 N–H and O–H groups in total. The molecule has 3 nitrogen and oxygen atoms in total. The lowest BCUT2D eigenvalue weighted by Crippen LogP contribution is -2.46. The zero-order valence-corrected chi connectivity index (χ0v) is 12.8. The fourth-order valence-electron chi connectivity index (χ4n) is 2.13. The van der Waals surface area contributed by atoms with E-state index in [1.165, 1.54) is 12.1 Å². The van der Waals surface area contributed by atoms with Crippen LogP contribution in [-0.2, 0) is 0 Å². The molecule has 1 aliphatic heterocycles. The average Bonchev–Trinajstić information content (AvgIpc) is 2.73. The Labute approximate surface area is 132 Å². The van der Waals surface area contributed by atoms with Crippen LogP contribution in [0, 0.1) is 0 Å². The predicted molar refractivity (Wildman–Crippen MR) is 76.1 cm³/mol. The number of nitrogens with one attached hydrogen (secondary N) is 1. The van der Waals surface area contributed by atoms with Crippen LogP contribution in [0.3, 0.4) is 0 Å². The second kappa shape index (κ2) is 8.34. The smallest absolute Gasteiger partial charge is 0.391 e. The molecule has 1 atom stereocenters. The highest BCUT2D eigenvalue weighted by Gasteiger charge is 2.37. The van der Waals surface area contributed by atoms with E-state index < -0.39 is 18.6 Å². The predicted octanol–water partition coefficient (Wildman–Crippen LogP) is 3.68. The van der Waals surface area contributed by atoms with Crippen LogP contribution in [0.15, 0.2) is 16.5 Å². The molecule has 1 fully saturated rings. The first-order valence-electron chi connectivity index (χ1n) is 5.72. The van der Waals surface area contributed by atoms with Crippen LogP contribution < -0.4 is 5.32 Å². The summed E-state index contributed by atoms with van der Waals surface area (Å²) in [6, 6.07) is 2.20. The van der Waals surface area contributed by atoms with Crippen molar-refractivity contribution in [3.05, 3.63) is 23.1 Å². The number of hydrogen-bond acceptors (Lipinski definition) is 3. The van der Waals surface area contributed by atoms with Crippen LogP contribution >= 0.6 is 36.4 Å². The Morgan fingerprint density at radius 2 is 1.85 bits per heavy atom.